The van der Waals surface area contributed by atoms with E-state index in [1.165, 1.54) is 0 Å². The maximum Gasteiger partial charge on any atom is 0.593 e. The van der Waals surface area contributed by atoms with Crippen LogP contribution in [-0.4, -0.2) is 25.4 Å². The highest BCUT2D eigenvalue weighted by atomic mass is 16.1. The molecule has 7 heteroatoms. The van der Waals surface area contributed by atoms with E-state index < -0.39 is 7.12 Å². The first-order valence-electron chi connectivity index (χ1n) is 2.06. The predicted octanol–water partition coefficient (Wildman–Crippen LogP) is -1.02. The van der Waals surface area contributed by atoms with E-state index >= 15 is 0 Å². The summed E-state index contributed by atoms with van der Waals surface area (Å²) in [7, 11) is -1.37. The molecule has 0 fully saturated rings. The molecule has 0 unspecified atom stereocenters. The molecule has 0 atom stereocenters. The maximum atomic E-state index is 9.49. The van der Waals surface area contributed by atoms with Crippen LogP contribution in [0.2, 0.25) is 0 Å². The molecule has 0 heterocycles. The molecule has 0 spiro atoms. The fourth-order valence-corrected chi connectivity index (χ4v) is 0.228. The third-order valence-corrected chi connectivity index (χ3v) is 0.505. The second kappa shape index (κ2) is 5.34. The van der Waals surface area contributed by atoms with Crippen molar-refractivity contribution in [3.8, 4) is 0 Å². The largest absolute Gasteiger partial charge is 0.593 e. The van der Waals surface area contributed by atoms with Crippen LogP contribution in [0.4, 0.5) is 0 Å². The first kappa shape index (κ1) is 8.20. The van der Waals surface area contributed by atoms with Gasteiger partial charge < -0.3 is 0 Å². The van der Waals surface area contributed by atoms with Crippen molar-refractivity contribution in [3.63, 3.8) is 0 Å². The molecular weight excluding hydrogens is 137 g/mol. The van der Waals surface area contributed by atoms with Crippen molar-refractivity contribution in [3.05, 3.63) is 0 Å². The Morgan fingerprint density at radius 3 is 1.30 bits per heavy atom. The lowest BCUT2D eigenvalue weighted by molar-refractivity contribution is 0.565. The van der Waals surface area contributed by atoms with Gasteiger partial charge in [0.15, 0.2) is 0 Å². The summed E-state index contributed by atoms with van der Waals surface area (Å²) in [6, 6.07) is 0. The molecule has 0 N–H and O–H groups in total. The zero-order valence-electron chi connectivity index (χ0n) is 4.64. The van der Waals surface area contributed by atoms with Crippen molar-refractivity contribution < 1.29 is 14.4 Å². The summed E-state index contributed by atoms with van der Waals surface area (Å²) in [6.45, 7) is 0. The van der Waals surface area contributed by atoms with Crippen molar-refractivity contribution in [2.75, 3.05) is 0 Å². The van der Waals surface area contributed by atoms with Crippen molar-refractivity contribution in [1.82, 2.24) is 0 Å². The minimum atomic E-state index is -1.37. The summed E-state index contributed by atoms with van der Waals surface area (Å²) in [4.78, 5) is 37.0. The molecule has 0 aliphatic carbocycles. The molecule has 10 heavy (non-hydrogen) atoms. The summed E-state index contributed by atoms with van der Waals surface area (Å²) in [5.41, 5.74) is 0. The lowest BCUT2D eigenvalue weighted by Gasteiger charge is -1.77. The Balaban J connectivity index is 4.39. The molecule has 0 amide bonds. The number of nitrogens with zero attached hydrogens (tertiary/aromatic N) is 3. The quantitative estimate of drug-likeness (QED) is 0.283. The van der Waals surface area contributed by atoms with Gasteiger partial charge in [0.25, 0.3) is 0 Å². The van der Waals surface area contributed by atoms with Crippen LogP contribution in [0, 0.1) is 0 Å². The molecule has 0 radical (unpaired) electrons. The SMILES string of the molecule is O=C=NB(N=C=O)N=C=O. The number of isocyanates is 3. The molecule has 0 saturated heterocycles. The maximum absolute atomic E-state index is 9.49. The van der Waals surface area contributed by atoms with E-state index in [2.05, 4.69) is 14.7 Å². The van der Waals surface area contributed by atoms with Crippen LogP contribution in [-0.2, 0) is 14.4 Å². The highest BCUT2D eigenvalue weighted by Gasteiger charge is 2.10. The van der Waals surface area contributed by atoms with Crippen molar-refractivity contribution in [2.24, 2.45) is 14.7 Å². The molecule has 0 bridgehead atoms. The molecule has 48 valence electrons. The molecule has 0 aromatic rings. The predicted molar refractivity (Wildman–Crippen MR) is 30.1 cm³/mol. The van der Waals surface area contributed by atoms with Gasteiger partial charge in [-0.25, -0.2) is 29.1 Å². The van der Waals surface area contributed by atoms with E-state index in [-0.39, 0.29) is 0 Å². The van der Waals surface area contributed by atoms with E-state index in [0.29, 0.717) is 0 Å². The summed E-state index contributed by atoms with van der Waals surface area (Å²) in [5.74, 6) is 0. The smallest absolute Gasteiger partial charge is 0.213 e. The third-order valence-electron chi connectivity index (χ3n) is 0.505. The Morgan fingerprint density at radius 2 is 1.10 bits per heavy atom. The zero-order valence-corrected chi connectivity index (χ0v) is 4.64. The van der Waals surface area contributed by atoms with Crippen molar-refractivity contribution in [1.29, 1.82) is 0 Å². The molecule has 0 saturated carbocycles. The molecule has 0 aliphatic rings. The van der Waals surface area contributed by atoms with Crippen LogP contribution in [0.25, 0.3) is 0 Å². The highest BCUT2D eigenvalue weighted by Crippen LogP contribution is 1.82. The van der Waals surface area contributed by atoms with E-state index in [4.69, 9.17) is 0 Å². The van der Waals surface area contributed by atoms with Gasteiger partial charge in [0.1, 0.15) is 0 Å². The number of carbonyl (C=O) groups excluding carboxylic acids is 3. The lowest BCUT2D eigenvalue weighted by Crippen LogP contribution is -2.00. The number of rotatable bonds is 3. The Morgan fingerprint density at radius 1 is 0.800 bits per heavy atom. The molecule has 0 aromatic heterocycles. The molecular formula is C3BN3O3. The van der Waals surface area contributed by atoms with Gasteiger partial charge in [-0.15, -0.1) is 0 Å². The Bertz CT molecular complexity index is 203. The van der Waals surface area contributed by atoms with Gasteiger partial charge in [-0.2, -0.15) is 0 Å². The van der Waals surface area contributed by atoms with Crippen LogP contribution >= 0.6 is 0 Å². The van der Waals surface area contributed by atoms with Gasteiger partial charge in [-0.3, -0.25) is 0 Å². The monoisotopic (exact) mass is 137 g/mol. The normalized spacial score (nSPS) is 6.00. The van der Waals surface area contributed by atoms with Gasteiger partial charge in [0.05, 0.1) is 0 Å². The van der Waals surface area contributed by atoms with Crippen LogP contribution in [0.5, 0.6) is 0 Å². The van der Waals surface area contributed by atoms with Crippen LogP contribution in [0.1, 0.15) is 0 Å². The summed E-state index contributed by atoms with van der Waals surface area (Å²) >= 11 is 0. The minimum absolute atomic E-state index is 1.07. The molecule has 0 aromatic carbocycles. The van der Waals surface area contributed by atoms with E-state index in [0.717, 1.165) is 18.2 Å². The fraction of sp³-hybridized carbons (Fsp3) is 0. The van der Waals surface area contributed by atoms with Gasteiger partial charge >= 0.3 is 7.12 Å². The van der Waals surface area contributed by atoms with E-state index in [1.807, 2.05) is 0 Å². The summed E-state index contributed by atoms with van der Waals surface area (Å²) < 4.78 is 0. The van der Waals surface area contributed by atoms with Crippen LogP contribution in [0.3, 0.4) is 0 Å². The Labute approximate surface area is 55.5 Å². The summed E-state index contributed by atoms with van der Waals surface area (Å²) in [5, 5.41) is 0. The van der Waals surface area contributed by atoms with E-state index in [1.54, 1.807) is 0 Å². The average molecular weight is 137 g/mol. The van der Waals surface area contributed by atoms with Gasteiger partial charge in [-0.05, 0) is 0 Å². The zero-order chi connectivity index (χ0) is 7.82. The first-order chi connectivity index (χ1) is 4.85. The molecule has 0 aliphatic heterocycles. The first-order valence-corrected chi connectivity index (χ1v) is 2.06. The van der Waals surface area contributed by atoms with Crippen LogP contribution in [0.15, 0.2) is 14.7 Å². The summed E-state index contributed by atoms with van der Waals surface area (Å²) in [6.07, 6.45) is 3.20. The number of hydrogen-bond donors (Lipinski definition) is 0. The lowest BCUT2D eigenvalue weighted by atomic mass is 10.0. The highest BCUT2D eigenvalue weighted by molar-refractivity contribution is 6.55. The third kappa shape index (κ3) is 3.24. The molecule has 0 rings (SSSR count). The standard InChI is InChI=1S/C3BN3O3/c8-1-5-4(6-2-9)7-3-10. The Kier molecular flexibility index (Phi) is 4.38. The minimum Gasteiger partial charge on any atom is -0.213 e. The average Bonchev–Trinajstić information content (AvgIpc) is 1.90. The molecule has 6 nitrogen and oxygen atoms in total. The Hall–Kier alpha value is -1.80. The fourth-order valence-electron chi connectivity index (χ4n) is 0.228. The van der Waals surface area contributed by atoms with Crippen molar-refractivity contribution >= 4 is 25.4 Å². The van der Waals surface area contributed by atoms with E-state index in [9.17, 15) is 14.4 Å². The topological polar surface area (TPSA) is 88.3 Å². The second-order valence-electron chi connectivity index (χ2n) is 1.01. The van der Waals surface area contributed by atoms with Crippen molar-refractivity contribution in [2.45, 2.75) is 0 Å². The van der Waals surface area contributed by atoms with Crippen LogP contribution < -0.4 is 0 Å². The number of hydrogen-bond acceptors (Lipinski definition) is 6. The van der Waals surface area contributed by atoms with Gasteiger partial charge in [-0.1, -0.05) is 0 Å². The second-order valence-corrected chi connectivity index (χ2v) is 1.01. The van der Waals surface area contributed by atoms with Gasteiger partial charge in [0, 0.05) is 0 Å². The van der Waals surface area contributed by atoms with Gasteiger partial charge in [0.2, 0.25) is 18.2 Å².